The Kier molecular flexibility index (Phi) is 8.22. The molecule has 1 heterocycles. The fraction of sp³-hybridized carbons (Fsp3) is 0.394. The molecule has 10 nitrogen and oxygen atoms in total. The molecule has 0 radical (unpaired) electrons. The molecule has 0 aromatic heterocycles. The van der Waals surface area contributed by atoms with Crippen LogP contribution >= 0.6 is 0 Å². The second kappa shape index (κ2) is 11.8. The van der Waals surface area contributed by atoms with Crippen molar-refractivity contribution >= 4 is 37.2 Å². The van der Waals surface area contributed by atoms with Crippen LogP contribution in [0.3, 0.4) is 0 Å². The summed E-state index contributed by atoms with van der Waals surface area (Å²) in [5.74, 6) is -1.15. The molecule has 6 rings (SSSR count). The number of fused-ring (bicyclic) bond motifs is 3. The summed E-state index contributed by atoms with van der Waals surface area (Å²) in [5.41, 5.74) is 2.74. The number of methoxy groups -OCH3 is 1. The third kappa shape index (κ3) is 5.58. The van der Waals surface area contributed by atoms with Crippen molar-refractivity contribution in [1.82, 2.24) is 4.31 Å². The lowest BCUT2D eigenvalue weighted by Crippen LogP contribution is -2.58. The number of oxime groups is 1. The van der Waals surface area contributed by atoms with Gasteiger partial charge in [0.1, 0.15) is 17.6 Å². The van der Waals surface area contributed by atoms with Crippen molar-refractivity contribution in [1.29, 1.82) is 0 Å². The maximum Gasteiger partial charge on any atom is 0.326 e. The number of piperazine rings is 1. The number of rotatable bonds is 6. The van der Waals surface area contributed by atoms with E-state index < -0.39 is 42.9 Å². The number of anilines is 1. The van der Waals surface area contributed by atoms with Crippen LogP contribution in [-0.2, 0) is 29.4 Å². The molecular formula is C33H36FN3O7S2. The van der Waals surface area contributed by atoms with Crippen LogP contribution in [0.5, 0.6) is 0 Å². The van der Waals surface area contributed by atoms with Crippen LogP contribution in [0.1, 0.15) is 50.7 Å². The predicted octanol–water partition coefficient (Wildman–Crippen LogP) is 4.83. The summed E-state index contributed by atoms with van der Waals surface area (Å²) in [6.07, 6.45) is 2.76. The molecule has 3 aliphatic rings. The number of sulfone groups is 1. The molecule has 46 heavy (non-hydrogen) atoms. The maximum atomic E-state index is 14.0. The Labute approximate surface area is 268 Å². The summed E-state index contributed by atoms with van der Waals surface area (Å²) >= 11 is 0. The van der Waals surface area contributed by atoms with Gasteiger partial charge in [0, 0.05) is 36.4 Å². The smallest absolute Gasteiger partial charge is 0.326 e. The van der Waals surface area contributed by atoms with E-state index >= 15 is 0 Å². The van der Waals surface area contributed by atoms with Gasteiger partial charge in [-0.15, -0.1) is 0 Å². The summed E-state index contributed by atoms with van der Waals surface area (Å²) in [4.78, 5) is 14.7. The molecule has 1 atom stereocenters. The summed E-state index contributed by atoms with van der Waals surface area (Å²) in [6.45, 7) is 4.48. The summed E-state index contributed by atoms with van der Waals surface area (Å²) < 4.78 is 74.9. The molecule has 1 unspecified atom stereocenters. The molecule has 1 N–H and O–H groups in total. The molecule has 0 bridgehead atoms. The van der Waals surface area contributed by atoms with Crippen LogP contribution in [0.2, 0.25) is 0 Å². The highest BCUT2D eigenvalue weighted by Crippen LogP contribution is 2.43. The molecule has 13 heteroatoms. The van der Waals surface area contributed by atoms with Crippen LogP contribution in [0.4, 0.5) is 10.1 Å². The van der Waals surface area contributed by atoms with Gasteiger partial charge < -0.3 is 14.8 Å². The van der Waals surface area contributed by atoms with Gasteiger partial charge in [-0.25, -0.2) is 21.2 Å². The maximum absolute atomic E-state index is 14.0. The Hall–Kier alpha value is -3.81. The first-order valence-corrected chi connectivity index (χ1v) is 18.1. The van der Waals surface area contributed by atoms with Crippen LogP contribution in [0.25, 0.3) is 11.1 Å². The number of carbonyl (C=O) groups is 1. The molecule has 1 aliphatic heterocycles. The Morgan fingerprint density at radius 2 is 1.48 bits per heavy atom. The van der Waals surface area contributed by atoms with Crippen molar-refractivity contribution in [2.24, 2.45) is 10.6 Å². The third-order valence-electron chi connectivity index (χ3n) is 9.54. The van der Waals surface area contributed by atoms with E-state index in [0.29, 0.717) is 40.8 Å². The number of nitrogens with zero attached hydrogens (tertiary/aromatic N) is 3. The lowest BCUT2D eigenvalue weighted by atomic mass is 9.77. The highest BCUT2D eigenvalue weighted by molar-refractivity contribution is 7.92. The highest BCUT2D eigenvalue weighted by Gasteiger charge is 2.42. The number of esters is 1. The first-order chi connectivity index (χ1) is 21.8. The molecule has 0 spiro atoms. The average molecular weight is 670 g/mol. The number of hydrogen-bond donors (Lipinski definition) is 1. The van der Waals surface area contributed by atoms with E-state index in [-0.39, 0.29) is 40.6 Å². The van der Waals surface area contributed by atoms with Crippen LogP contribution < -0.4 is 4.90 Å². The monoisotopic (exact) mass is 669 g/mol. The Morgan fingerprint density at radius 3 is 2.07 bits per heavy atom. The van der Waals surface area contributed by atoms with E-state index in [4.69, 9.17) is 4.74 Å². The normalized spacial score (nSPS) is 21.2. The van der Waals surface area contributed by atoms with Crippen LogP contribution in [-0.4, -0.2) is 76.1 Å². The Bertz CT molecular complexity index is 1930. The molecule has 3 aromatic rings. The molecule has 1 saturated heterocycles. The molecule has 0 amide bonds. The first kappa shape index (κ1) is 32.1. The van der Waals surface area contributed by atoms with Gasteiger partial charge in [0.25, 0.3) is 0 Å². The van der Waals surface area contributed by atoms with Crippen molar-refractivity contribution in [2.75, 3.05) is 31.6 Å². The van der Waals surface area contributed by atoms with Crippen molar-refractivity contribution in [3.8, 4) is 11.1 Å². The lowest BCUT2D eigenvalue weighted by Gasteiger charge is -2.40. The molecule has 3 aromatic carbocycles. The van der Waals surface area contributed by atoms with Crippen LogP contribution in [0, 0.1) is 11.2 Å². The predicted molar refractivity (Wildman–Crippen MR) is 171 cm³/mol. The van der Waals surface area contributed by atoms with E-state index in [1.807, 2.05) is 0 Å². The average Bonchev–Trinajstić information content (AvgIpc) is 3.36. The number of halogens is 1. The van der Waals surface area contributed by atoms with Gasteiger partial charge in [-0.2, -0.15) is 4.31 Å². The number of hydrogen-bond acceptors (Lipinski definition) is 9. The zero-order valence-electron chi connectivity index (χ0n) is 25.8. The number of ether oxygens (including phenoxy) is 1. The van der Waals surface area contributed by atoms with Gasteiger partial charge in [-0.05, 0) is 90.8 Å². The van der Waals surface area contributed by atoms with E-state index in [1.165, 1.54) is 37.4 Å². The van der Waals surface area contributed by atoms with Gasteiger partial charge in [0.05, 0.1) is 22.2 Å². The Morgan fingerprint density at radius 1 is 0.891 bits per heavy atom. The zero-order valence-corrected chi connectivity index (χ0v) is 27.4. The lowest BCUT2D eigenvalue weighted by molar-refractivity contribution is -0.145. The summed E-state index contributed by atoms with van der Waals surface area (Å²) in [6, 6.07) is 13.7. The van der Waals surface area contributed by atoms with Gasteiger partial charge in [0.15, 0.2) is 9.84 Å². The topological polar surface area (TPSA) is 134 Å². The Balaban J connectivity index is 1.30. The number of sulfonamides is 1. The second-order valence-electron chi connectivity index (χ2n) is 12.8. The summed E-state index contributed by atoms with van der Waals surface area (Å²) in [7, 11) is -6.72. The SMILES string of the molecule is COC(=O)C1CN(c2ccc(F)cc2)CCN1S(=O)(=O)c1ccc2c(c1)/C(=N/O)c1cc(S(=O)(=O)C3CCC(C)(C)CC3)ccc1-2. The van der Waals surface area contributed by atoms with Gasteiger partial charge >= 0.3 is 5.97 Å². The fourth-order valence-corrected chi connectivity index (χ4v) is 10.1. The molecule has 2 aliphatic carbocycles. The van der Waals surface area contributed by atoms with Gasteiger partial charge in [0.2, 0.25) is 10.0 Å². The standard InChI is InChI=1S/C33H36FN3O7S2/c1-33(2)14-12-23(13-15-33)45(40,41)24-8-10-26-27-11-9-25(19-29(27)31(35-39)28(26)18-24)46(42,43)37-17-16-36(20-30(37)32(38)44-3)22-6-4-21(34)5-7-22/h4-11,18-19,23,30,39H,12-17,20H2,1-3H3/b35-31+. The molecule has 1 saturated carbocycles. The molecular weight excluding hydrogens is 634 g/mol. The van der Waals surface area contributed by atoms with Crippen LogP contribution in [0.15, 0.2) is 75.6 Å². The van der Waals surface area contributed by atoms with Gasteiger partial charge in [-0.3, -0.25) is 4.79 Å². The number of benzene rings is 3. The van der Waals surface area contributed by atoms with E-state index in [0.717, 1.165) is 17.1 Å². The molecule has 2 fully saturated rings. The minimum Gasteiger partial charge on any atom is -0.468 e. The van der Waals surface area contributed by atoms with E-state index in [1.54, 1.807) is 35.2 Å². The quantitative estimate of drug-likeness (QED) is 0.175. The summed E-state index contributed by atoms with van der Waals surface area (Å²) in [5, 5.41) is 13.1. The highest BCUT2D eigenvalue weighted by atomic mass is 32.2. The first-order valence-electron chi connectivity index (χ1n) is 15.1. The minimum atomic E-state index is -4.26. The van der Waals surface area contributed by atoms with E-state index in [9.17, 15) is 31.2 Å². The van der Waals surface area contributed by atoms with Crippen molar-refractivity contribution in [2.45, 2.75) is 60.6 Å². The third-order valence-corrected chi connectivity index (χ3v) is 13.7. The fourth-order valence-electron chi connectivity index (χ4n) is 6.78. The molecule has 244 valence electrons. The second-order valence-corrected chi connectivity index (χ2v) is 17.0. The number of carbonyl (C=O) groups excluding carboxylic acids is 1. The van der Waals surface area contributed by atoms with Crippen molar-refractivity contribution < 1.29 is 36.0 Å². The minimum absolute atomic E-state index is 0.00694. The van der Waals surface area contributed by atoms with E-state index in [2.05, 4.69) is 19.0 Å². The van der Waals surface area contributed by atoms with Crippen molar-refractivity contribution in [3.05, 3.63) is 77.6 Å². The zero-order chi connectivity index (χ0) is 33.0. The largest absolute Gasteiger partial charge is 0.468 e. The van der Waals surface area contributed by atoms with Crippen molar-refractivity contribution in [3.63, 3.8) is 0 Å². The van der Waals surface area contributed by atoms with Gasteiger partial charge in [-0.1, -0.05) is 31.1 Å².